The van der Waals surface area contributed by atoms with Gasteiger partial charge in [-0.05, 0) is 89.6 Å². The van der Waals surface area contributed by atoms with Crippen molar-refractivity contribution in [1.82, 2.24) is 49.4 Å². The number of unbranched alkanes of at least 4 members (excludes halogenated alkanes) is 6. The molecule has 0 aliphatic carbocycles. The third-order valence-electron chi connectivity index (χ3n) is 9.59. The molecular weight excluding hydrogens is 877 g/mol. The number of hydrogen-bond acceptors (Lipinski definition) is 10. The molecular formula is C44H49BrN10O4S2. The molecule has 0 radical (unpaired) electrons. The summed E-state index contributed by atoms with van der Waals surface area (Å²) in [6.07, 6.45) is 18.2. The molecule has 318 valence electrons. The summed E-state index contributed by atoms with van der Waals surface area (Å²) in [5, 5.41) is 16.7. The summed E-state index contributed by atoms with van der Waals surface area (Å²) < 4.78 is 60.0. The molecule has 0 unspecified atom stereocenters. The average molecular weight is 926 g/mol. The number of aromatic nitrogens is 8. The zero-order valence-electron chi connectivity index (χ0n) is 33.7. The van der Waals surface area contributed by atoms with Crippen molar-refractivity contribution in [3.63, 3.8) is 0 Å². The smallest absolute Gasteiger partial charge is 0.241 e. The van der Waals surface area contributed by atoms with Crippen molar-refractivity contribution in [2.45, 2.75) is 74.2 Å². The lowest BCUT2D eigenvalue weighted by Crippen LogP contribution is -2.25. The van der Waals surface area contributed by atoms with Gasteiger partial charge in [0.15, 0.2) is 0 Å². The molecule has 0 saturated carbocycles. The highest BCUT2D eigenvalue weighted by atomic mass is 79.9. The predicted molar refractivity (Wildman–Crippen MR) is 240 cm³/mol. The molecule has 7 rings (SSSR count). The summed E-state index contributed by atoms with van der Waals surface area (Å²) in [4.78, 5) is 8.77. The van der Waals surface area contributed by atoms with Crippen molar-refractivity contribution in [3.05, 3.63) is 145 Å². The van der Waals surface area contributed by atoms with Crippen LogP contribution in [0.25, 0.3) is 33.6 Å². The maximum Gasteiger partial charge on any atom is 0.241 e. The van der Waals surface area contributed by atoms with Crippen LogP contribution in [0, 0.1) is 0 Å². The molecule has 4 heterocycles. The number of benzene rings is 3. The molecule has 0 atom stereocenters. The van der Waals surface area contributed by atoms with Crippen LogP contribution in [0.4, 0.5) is 0 Å². The van der Waals surface area contributed by atoms with Crippen LogP contribution in [-0.2, 0) is 33.1 Å². The van der Waals surface area contributed by atoms with Gasteiger partial charge in [0, 0.05) is 72.1 Å². The Morgan fingerprint density at radius 3 is 1.48 bits per heavy atom. The third-order valence-corrected chi connectivity index (χ3v) is 13.6. The summed E-state index contributed by atoms with van der Waals surface area (Å²) in [7, 11) is -7.05. The molecule has 3 aromatic carbocycles. The Balaban J connectivity index is 0.000000207. The Hall–Kier alpha value is -5.46. The first-order valence-corrected chi connectivity index (χ1v) is 23.9. The maximum atomic E-state index is 12.9. The number of halogens is 1. The molecule has 0 aliphatic rings. The molecule has 0 amide bonds. The van der Waals surface area contributed by atoms with Crippen LogP contribution in [0.2, 0.25) is 0 Å². The van der Waals surface area contributed by atoms with Crippen molar-refractivity contribution in [3.8, 4) is 33.6 Å². The average Bonchev–Trinajstić information content (AvgIpc) is 3.98. The summed E-state index contributed by atoms with van der Waals surface area (Å²) in [5.74, 6) is 0. The topological polar surface area (TPSA) is 180 Å². The predicted octanol–water partition coefficient (Wildman–Crippen LogP) is 8.19. The van der Waals surface area contributed by atoms with Crippen LogP contribution in [-0.4, -0.2) is 69.9 Å². The zero-order chi connectivity index (χ0) is 42.8. The van der Waals surface area contributed by atoms with Crippen LogP contribution in [0.5, 0.6) is 0 Å². The molecule has 0 fully saturated rings. The second kappa shape index (κ2) is 22.9. The van der Waals surface area contributed by atoms with Gasteiger partial charge in [-0.25, -0.2) is 26.3 Å². The van der Waals surface area contributed by atoms with E-state index in [1.54, 1.807) is 61.2 Å². The normalized spacial score (nSPS) is 11.6. The monoisotopic (exact) mass is 924 g/mol. The van der Waals surface area contributed by atoms with Crippen molar-refractivity contribution in [1.29, 1.82) is 0 Å². The van der Waals surface area contributed by atoms with E-state index in [1.807, 2.05) is 88.5 Å². The van der Waals surface area contributed by atoms with Crippen LogP contribution in [0.15, 0.2) is 155 Å². The highest BCUT2D eigenvalue weighted by molar-refractivity contribution is 9.10. The van der Waals surface area contributed by atoms with E-state index in [-0.39, 0.29) is 4.90 Å². The fourth-order valence-electron chi connectivity index (χ4n) is 6.40. The number of hydrogen-bond donors (Lipinski definition) is 2. The zero-order valence-corrected chi connectivity index (χ0v) is 36.9. The van der Waals surface area contributed by atoms with Crippen molar-refractivity contribution < 1.29 is 16.8 Å². The Labute approximate surface area is 366 Å². The van der Waals surface area contributed by atoms with Gasteiger partial charge in [-0.15, -0.1) is 10.2 Å². The lowest BCUT2D eigenvalue weighted by Gasteiger charge is -2.12. The summed E-state index contributed by atoms with van der Waals surface area (Å²) in [6, 6.07) is 31.2. The van der Waals surface area contributed by atoms with Crippen LogP contribution < -0.4 is 9.44 Å². The SMILES string of the molecule is O=S(=O)(NCCCCCCn1cc(-c2cccnc2)nn1)c1ccccc1-c1ccccc1.O=S(=O)(NCCCCCCn1cc(-c2cccnc2)nn1)c1ccccc1Br. The van der Waals surface area contributed by atoms with Gasteiger partial charge in [0.1, 0.15) is 11.4 Å². The van der Waals surface area contributed by atoms with Gasteiger partial charge in [-0.1, -0.05) is 96.8 Å². The molecule has 0 bridgehead atoms. The fraction of sp³-hybridized carbons (Fsp3) is 0.273. The number of aryl methyl sites for hydroxylation is 2. The van der Waals surface area contributed by atoms with E-state index >= 15 is 0 Å². The van der Waals surface area contributed by atoms with Crippen molar-refractivity contribution >= 4 is 36.0 Å². The lowest BCUT2D eigenvalue weighted by atomic mass is 10.1. The van der Waals surface area contributed by atoms with Gasteiger partial charge in [0.05, 0.1) is 22.2 Å². The first-order chi connectivity index (χ1) is 29.7. The molecule has 0 saturated heterocycles. The Morgan fingerprint density at radius 2 is 0.951 bits per heavy atom. The van der Waals surface area contributed by atoms with Gasteiger partial charge in [-0.2, -0.15) is 0 Å². The standard InChI is InChI=1S/C25H27N5O2S.C19H22BrN5O2S/c31-33(32,25-15-7-6-14-23(25)21-11-4-3-5-12-21)27-17-8-1-2-9-18-30-20-24(28-29-30)22-13-10-16-26-19-22;20-17-9-3-4-10-19(17)28(26,27)22-12-5-1-2-6-13-25-15-18(23-24-25)16-8-7-11-21-14-16/h3-7,10-16,19-20,27H,1-2,8-9,17-18H2;3-4,7-11,14-15,22H,1-2,5-6,12-13H2. The maximum absolute atomic E-state index is 12.9. The highest BCUT2D eigenvalue weighted by Crippen LogP contribution is 2.27. The highest BCUT2D eigenvalue weighted by Gasteiger charge is 2.19. The van der Waals surface area contributed by atoms with Crippen molar-refractivity contribution in [2.24, 2.45) is 0 Å². The van der Waals surface area contributed by atoms with Gasteiger partial charge in [0.2, 0.25) is 20.0 Å². The third kappa shape index (κ3) is 13.8. The minimum absolute atomic E-state index is 0.269. The van der Waals surface area contributed by atoms with Crippen LogP contribution in [0.1, 0.15) is 51.4 Å². The van der Waals surface area contributed by atoms with E-state index in [1.165, 1.54) is 0 Å². The molecule has 7 aromatic rings. The quantitative estimate of drug-likeness (QED) is 0.0668. The molecule has 17 heteroatoms. The van der Waals surface area contributed by atoms with Gasteiger partial charge in [0.25, 0.3) is 0 Å². The minimum atomic E-state index is -3.58. The molecule has 0 aliphatic heterocycles. The van der Waals surface area contributed by atoms with E-state index in [9.17, 15) is 16.8 Å². The molecule has 0 spiro atoms. The number of pyridine rings is 2. The first-order valence-electron chi connectivity index (χ1n) is 20.2. The van der Waals surface area contributed by atoms with Crippen LogP contribution >= 0.6 is 15.9 Å². The minimum Gasteiger partial charge on any atom is -0.264 e. The summed E-state index contributed by atoms with van der Waals surface area (Å²) in [5.41, 5.74) is 5.13. The molecule has 61 heavy (non-hydrogen) atoms. The summed E-state index contributed by atoms with van der Waals surface area (Å²) >= 11 is 3.28. The second-order valence-corrected chi connectivity index (χ2v) is 18.5. The van der Waals surface area contributed by atoms with Gasteiger partial charge >= 0.3 is 0 Å². The lowest BCUT2D eigenvalue weighted by molar-refractivity contribution is 0.519. The Kier molecular flexibility index (Phi) is 17.0. The fourth-order valence-corrected chi connectivity index (χ4v) is 9.78. The number of sulfonamides is 2. The van der Waals surface area contributed by atoms with E-state index < -0.39 is 20.0 Å². The van der Waals surface area contributed by atoms with E-state index in [0.29, 0.717) is 28.0 Å². The van der Waals surface area contributed by atoms with Gasteiger partial charge < -0.3 is 0 Å². The van der Waals surface area contributed by atoms with E-state index in [2.05, 4.69) is 56.0 Å². The van der Waals surface area contributed by atoms with Crippen LogP contribution in [0.3, 0.4) is 0 Å². The molecule has 14 nitrogen and oxygen atoms in total. The molecule has 4 aromatic heterocycles. The molecule has 2 N–H and O–H groups in total. The number of nitrogens with one attached hydrogen (secondary N) is 2. The first kappa shape index (κ1) is 45.1. The van der Waals surface area contributed by atoms with Crippen molar-refractivity contribution in [2.75, 3.05) is 13.1 Å². The van der Waals surface area contributed by atoms with Gasteiger partial charge in [-0.3, -0.25) is 19.3 Å². The second-order valence-electron chi connectivity index (χ2n) is 14.1. The van der Waals surface area contributed by atoms with E-state index in [4.69, 9.17) is 0 Å². The Morgan fingerprint density at radius 1 is 0.492 bits per heavy atom. The Bertz CT molecular complexity index is 2610. The number of nitrogens with zero attached hydrogens (tertiary/aromatic N) is 8. The van der Waals surface area contributed by atoms with E-state index in [0.717, 1.165) is 92.5 Å². The largest absolute Gasteiger partial charge is 0.264 e. The number of rotatable bonds is 21. The summed E-state index contributed by atoms with van der Waals surface area (Å²) in [6.45, 7) is 2.41.